The highest BCUT2D eigenvalue weighted by molar-refractivity contribution is 7.99. The van der Waals surface area contributed by atoms with Gasteiger partial charge in [0.25, 0.3) is 0 Å². The van der Waals surface area contributed by atoms with Gasteiger partial charge in [-0.25, -0.2) is 0 Å². The zero-order chi connectivity index (χ0) is 19.2. The molecule has 140 valence electrons. The third-order valence-electron chi connectivity index (χ3n) is 3.86. The molecule has 0 aliphatic carbocycles. The van der Waals surface area contributed by atoms with Crippen LogP contribution in [0.25, 0.3) is 11.4 Å². The molecule has 0 aliphatic rings. The van der Waals surface area contributed by atoms with Crippen LogP contribution in [0.5, 0.6) is 5.75 Å². The van der Waals surface area contributed by atoms with Crippen LogP contribution in [0.2, 0.25) is 0 Å². The van der Waals surface area contributed by atoms with Crippen molar-refractivity contribution in [2.45, 2.75) is 23.5 Å². The van der Waals surface area contributed by atoms with Gasteiger partial charge in [-0.3, -0.25) is 4.79 Å². The molecule has 6 nitrogen and oxygen atoms in total. The molecule has 0 bridgehead atoms. The van der Waals surface area contributed by atoms with Crippen molar-refractivity contribution in [2.24, 2.45) is 0 Å². The lowest BCUT2D eigenvalue weighted by Gasteiger charge is -2.09. The summed E-state index contributed by atoms with van der Waals surface area (Å²) >= 11 is 2.95. The molecule has 0 spiro atoms. The fourth-order valence-corrected chi connectivity index (χ4v) is 3.83. The summed E-state index contributed by atoms with van der Waals surface area (Å²) < 4.78 is 1.89. The van der Waals surface area contributed by atoms with Crippen LogP contribution in [0, 0.1) is 0 Å². The summed E-state index contributed by atoms with van der Waals surface area (Å²) in [6, 6.07) is 14.7. The minimum Gasteiger partial charge on any atom is -0.507 e. The van der Waals surface area contributed by atoms with E-state index in [2.05, 4.69) is 15.5 Å². The van der Waals surface area contributed by atoms with E-state index in [-0.39, 0.29) is 17.4 Å². The van der Waals surface area contributed by atoms with Crippen LogP contribution in [-0.2, 0) is 11.3 Å². The predicted molar refractivity (Wildman–Crippen MR) is 110 cm³/mol. The highest BCUT2D eigenvalue weighted by Crippen LogP contribution is 2.30. The molecule has 0 radical (unpaired) electrons. The van der Waals surface area contributed by atoms with E-state index in [1.807, 2.05) is 48.1 Å². The van der Waals surface area contributed by atoms with E-state index in [1.165, 1.54) is 11.8 Å². The molecule has 2 N–H and O–H groups in total. The van der Waals surface area contributed by atoms with Gasteiger partial charge in [-0.05, 0) is 43.5 Å². The fraction of sp³-hybridized carbons (Fsp3) is 0.211. The zero-order valence-electron chi connectivity index (χ0n) is 15.0. The Kier molecular flexibility index (Phi) is 6.41. The van der Waals surface area contributed by atoms with Gasteiger partial charge in [0, 0.05) is 17.1 Å². The van der Waals surface area contributed by atoms with Crippen LogP contribution in [0.1, 0.15) is 6.92 Å². The number of phenols is 1. The molecule has 0 aliphatic heterocycles. The van der Waals surface area contributed by atoms with Gasteiger partial charge in [-0.15, -0.1) is 22.0 Å². The van der Waals surface area contributed by atoms with Crippen molar-refractivity contribution in [1.82, 2.24) is 14.8 Å². The third-order valence-corrected chi connectivity index (χ3v) is 5.56. The van der Waals surface area contributed by atoms with Gasteiger partial charge in [0.2, 0.25) is 5.91 Å². The number of aromatic nitrogens is 3. The Hall–Kier alpha value is -2.45. The lowest BCUT2D eigenvalue weighted by Crippen LogP contribution is -2.14. The summed E-state index contributed by atoms with van der Waals surface area (Å²) in [5, 5.41) is 22.0. The van der Waals surface area contributed by atoms with Crippen LogP contribution in [0.3, 0.4) is 0 Å². The Balaban J connectivity index is 1.69. The topological polar surface area (TPSA) is 80.0 Å². The van der Waals surface area contributed by atoms with Crippen molar-refractivity contribution in [3.05, 3.63) is 48.5 Å². The maximum Gasteiger partial charge on any atom is 0.234 e. The maximum atomic E-state index is 12.3. The smallest absolute Gasteiger partial charge is 0.234 e. The molecule has 1 amide bonds. The van der Waals surface area contributed by atoms with E-state index >= 15 is 0 Å². The van der Waals surface area contributed by atoms with Crippen molar-refractivity contribution in [2.75, 3.05) is 17.3 Å². The van der Waals surface area contributed by atoms with Gasteiger partial charge >= 0.3 is 0 Å². The molecule has 1 aromatic heterocycles. The largest absolute Gasteiger partial charge is 0.507 e. The number of phenolic OH excluding ortho intramolecular Hbond substituents is 1. The van der Waals surface area contributed by atoms with E-state index < -0.39 is 0 Å². The number of hydrogen-bond donors (Lipinski definition) is 2. The highest BCUT2D eigenvalue weighted by Gasteiger charge is 2.16. The summed E-state index contributed by atoms with van der Waals surface area (Å²) in [5.74, 6) is 0.865. The van der Waals surface area contributed by atoms with E-state index in [4.69, 9.17) is 0 Å². The normalized spacial score (nSPS) is 10.7. The first-order valence-corrected chi connectivity index (χ1v) is 10.6. The molecule has 1 heterocycles. The number of anilines is 1. The van der Waals surface area contributed by atoms with Crippen LogP contribution in [-0.4, -0.2) is 37.8 Å². The molecule has 3 rings (SSSR count). The Labute approximate surface area is 166 Å². The second kappa shape index (κ2) is 8.96. The first-order valence-electron chi connectivity index (χ1n) is 8.40. The number of para-hydroxylation sites is 1. The fourth-order valence-electron chi connectivity index (χ4n) is 2.57. The van der Waals surface area contributed by atoms with Gasteiger partial charge < -0.3 is 15.0 Å². The highest BCUT2D eigenvalue weighted by atomic mass is 32.2. The summed E-state index contributed by atoms with van der Waals surface area (Å²) in [4.78, 5) is 13.4. The predicted octanol–water partition coefficient (Wildman–Crippen LogP) is 4.12. The molecular formula is C19H20N4O2S2. The average Bonchev–Trinajstić information content (AvgIpc) is 3.09. The Morgan fingerprint density at radius 3 is 2.74 bits per heavy atom. The van der Waals surface area contributed by atoms with Crippen molar-refractivity contribution in [1.29, 1.82) is 0 Å². The van der Waals surface area contributed by atoms with Crippen molar-refractivity contribution in [3.8, 4) is 17.1 Å². The van der Waals surface area contributed by atoms with Crippen LogP contribution in [0.4, 0.5) is 5.69 Å². The number of benzene rings is 2. The lowest BCUT2D eigenvalue weighted by molar-refractivity contribution is -0.113. The molecule has 0 atom stereocenters. The number of thioether (sulfide) groups is 2. The minimum atomic E-state index is -0.104. The molecule has 0 saturated heterocycles. The van der Waals surface area contributed by atoms with Gasteiger partial charge in [-0.1, -0.05) is 30.0 Å². The second-order valence-electron chi connectivity index (χ2n) is 5.64. The number of hydrogen-bond acceptors (Lipinski definition) is 6. The van der Waals surface area contributed by atoms with E-state index in [9.17, 15) is 9.90 Å². The maximum absolute atomic E-state index is 12.3. The van der Waals surface area contributed by atoms with Crippen LogP contribution in [0.15, 0.2) is 58.6 Å². The van der Waals surface area contributed by atoms with Crippen LogP contribution >= 0.6 is 23.5 Å². The monoisotopic (exact) mass is 400 g/mol. The summed E-state index contributed by atoms with van der Waals surface area (Å²) in [7, 11) is 0. The number of amides is 1. The van der Waals surface area contributed by atoms with E-state index in [0.29, 0.717) is 23.1 Å². The molecule has 0 saturated carbocycles. The number of carbonyl (C=O) groups is 1. The lowest BCUT2D eigenvalue weighted by atomic mass is 10.2. The Morgan fingerprint density at radius 2 is 2.00 bits per heavy atom. The first-order chi connectivity index (χ1) is 13.1. The van der Waals surface area contributed by atoms with E-state index in [0.717, 1.165) is 10.6 Å². The first kappa shape index (κ1) is 19.3. The van der Waals surface area contributed by atoms with Crippen LogP contribution < -0.4 is 5.32 Å². The molecule has 0 unspecified atom stereocenters. The molecular weight excluding hydrogens is 380 g/mol. The number of nitrogens with one attached hydrogen (secondary N) is 1. The van der Waals surface area contributed by atoms with Crippen molar-refractivity contribution < 1.29 is 9.90 Å². The van der Waals surface area contributed by atoms with Gasteiger partial charge in [0.15, 0.2) is 11.0 Å². The molecule has 27 heavy (non-hydrogen) atoms. The SMILES string of the molecule is CCn1c(SCC(=O)Nc2cccc(SC)c2)nnc1-c1ccccc1O. The molecule has 3 aromatic rings. The van der Waals surface area contributed by atoms with Gasteiger partial charge in [0.05, 0.1) is 11.3 Å². The van der Waals surface area contributed by atoms with Crippen molar-refractivity contribution >= 4 is 35.1 Å². The average molecular weight is 401 g/mol. The standard InChI is InChI=1S/C19H20N4O2S2/c1-3-23-18(15-9-4-5-10-16(15)24)21-22-19(23)27-12-17(25)20-13-7-6-8-14(11-13)26-2/h4-11,24H,3,12H2,1-2H3,(H,20,25). The quantitative estimate of drug-likeness (QED) is 0.581. The Bertz CT molecular complexity index is 943. The number of aromatic hydroxyl groups is 1. The van der Waals surface area contributed by atoms with Gasteiger partial charge in [-0.2, -0.15) is 0 Å². The number of nitrogens with zero attached hydrogens (tertiary/aromatic N) is 3. The van der Waals surface area contributed by atoms with Crippen molar-refractivity contribution in [3.63, 3.8) is 0 Å². The van der Waals surface area contributed by atoms with E-state index in [1.54, 1.807) is 30.0 Å². The Morgan fingerprint density at radius 1 is 1.19 bits per heavy atom. The molecule has 8 heteroatoms. The zero-order valence-corrected chi connectivity index (χ0v) is 16.7. The third kappa shape index (κ3) is 4.64. The number of rotatable bonds is 7. The summed E-state index contributed by atoms with van der Waals surface area (Å²) in [6.45, 7) is 2.61. The minimum absolute atomic E-state index is 0.104. The molecule has 2 aromatic carbocycles. The molecule has 0 fully saturated rings. The summed E-state index contributed by atoms with van der Waals surface area (Å²) in [5.41, 5.74) is 1.40. The number of carbonyl (C=O) groups excluding carboxylic acids is 1. The summed E-state index contributed by atoms with van der Waals surface area (Å²) in [6.07, 6.45) is 2.00. The second-order valence-corrected chi connectivity index (χ2v) is 7.46. The van der Waals surface area contributed by atoms with Gasteiger partial charge in [0.1, 0.15) is 5.75 Å².